The lowest BCUT2D eigenvalue weighted by Crippen LogP contribution is -2.57. The Morgan fingerprint density at radius 2 is 2.17 bits per heavy atom. The number of aryl methyl sites for hydroxylation is 1. The Balaban J connectivity index is 2.35. The molecule has 0 spiro atoms. The molecule has 3 N–H and O–H groups in total. The van der Waals surface area contributed by atoms with E-state index in [0.717, 1.165) is 16.8 Å². The second-order valence-electron chi connectivity index (χ2n) is 4.54. The fourth-order valence-electron chi connectivity index (χ4n) is 2.18. The highest BCUT2D eigenvalue weighted by molar-refractivity contribution is 6.04. The van der Waals surface area contributed by atoms with Gasteiger partial charge in [-0.25, -0.2) is 0 Å². The molecule has 0 radical (unpaired) electrons. The van der Waals surface area contributed by atoms with Crippen molar-refractivity contribution in [1.29, 1.82) is 0 Å². The largest absolute Gasteiger partial charge is 0.350 e. The lowest BCUT2D eigenvalue weighted by Gasteiger charge is -2.34. The van der Waals surface area contributed by atoms with Gasteiger partial charge in [0.05, 0.1) is 6.54 Å². The third-order valence-corrected chi connectivity index (χ3v) is 3.23. The standard InChI is InChI=1S/C13H17N3O2/c1-8-5-10(6-14)3-4-11(8)16-7-12(17)15-13(18)9(16)2/h3-5,9H,6-7,14H2,1-2H3,(H,15,17,18). The number of amides is 2. The molecule has 18 heavy (non-hydrogen) atoms. The van der Waals surface area contributed by atoms with Crippen molar-refractivity contribution in [2.24, 2.45) is 5.73 Å². The molecular weight excluding hydrogens is 230 g/mol. The molecule has 1 saturated heterocycles. The molecule has 0 saturated carbocycles. The van der Waals surface area contributed by atoms with E-state index in [1.807, 2.05) is 30.0 Å². The van der Waals surface area contributed by atoms with E-state index in [0.29, 0.717) is 6.54 Å². The van der Waals surface area contributed by atoms with Crippen LogP contribution in [0.25, 0.3) is 0 Å². The van der Waals surface area contributed by atoms with Gasteiger partial charge in [0.15, 0.2) is 0 Å². The van der Waals surface area contributed by atoms with Crippen LogP contribution in [0.1, 0.15) is 18.1 Å². The Kier molecular flexibility index (Phi) is 3.34. The third kappa shape index (κ3) is 2.22. The Morgan fingerprint density at radius 1 is 1.44 bits per heavy atom. The van der Waals surface area contributed by atoms with Crippen molar-refractivity contribution in [3.05, 3.63) is 29.3 Å². The van der Waals surface area contributed by atoms with Gasteiger partial charge in [-0.1, -0.05) is 12.1 Å². The summed E-state index contributed by atoms with van der Waals surface area (Å²) in [7, 11) is 0. The predicted molar refractivity (Wildman–Crippen MR) is 69.0 cm³/mol. The van der Waals surface area contributed by atoms with Crippen LogP contribution < -0.4 is 16.0 Å². The molecule has 1 unspecified atom stereocenters. The molecular formula is C13H17N3O2. The molecule has 0 aromatic heterocycles. The van der Waals surface area contributed by atoms with Crippen molar-refractivity contribution >= 4 is 17.5 Å². The number of rotatable bonds is 2. The summed E-state index contributed by atoms with van der Waals surface area (Å²) >= 11 is 0. The average molecular weight is 247 g/mol. The van der Waals surface area contributed by atoms with Gasteiger partial charge < -0.3 is 10.6 Å². The van der Waals surface area contributed by atoms with E-state index in [1.165, 1.54) is 0 Å². The van der Waals surface area contributed by atoms with Gasteiger partial charge in [-0.3, -0.25) is 14.9 Å². The van der Waals surface area contributed by atoms with Crippen LogP contribution in [0.4, 0.5) is 5.69 Å². The van der Waals surface area contributed by atoms with E-state index in [1.54, 1.807) is 6.92 Å². The molecule has 1 atom stereocenters. The summed E-state index contributed by atoms with van der Waals surface area (Å²) in [4.78, 5) is 24.9. The van der Waals surface area contributed by atoms with Crippen LogP contribution in [0.2, 0.25) is 0 Å². The lowest BCUT2D eigenvalue weighted by molar-refractivity contribution is -0.132. The molecule has 2 rings (SSSR count). The number of benzene rings is 1. The van der Waals surface area contributed by atoms with E-state index in [4.69, 9.17) is 5.73 Å². The first kappa shape index (κ1) is 12.6. The quantitative estimate of drug-likeness (QED) is 0.737. The number of nitrogens with one attached hydrogen (secondary N) is 1. The van der Waals surface area contributed by atoms with Gasteiger partial charge in [-0.05, 0) is 31.0 Å². The topological polar surface area (TPSA) is 75.4 Å². The average Bonchev–Trinajstić information content (AvgIpc) is 2.34. The molecule has 2 amide bonds. The van der Waals surface area contributed by atoms with E-state index in [2.05, 4.69) is 5.32 Å². The third-order valence-electron chi connectivity index (χ3n) is 3.23. The summed E-state index contributed by atoms with van der Waals surface area (Å²) in [6.07, 6.45) is 0. The first-order valence-corrected chi connectivity index (χ1v) is 5.93. The molecule has 96 valence electrons. The van der Waals surface area contributed by atoms with Gasteiger partial charge in [0, 0.05) is 12.2 Å². The number of hydrogen-bond donors (Lipinski definition) is 2. The Morgan fingerprint density at radius 3 is 2.78 bits per heavy atom. The first-order valence-electron chi connectivity index (χ1n) is 5.93. The maximum absolute atomic E-state index is 11.6. The van der Waals surface area contributed by atoms with Crippen LogP contribution in [-0.2, 0) is 16.1 Å². The zero-order valence-electron chi connectivity index (χ0n) is 10.6. The van der Waals surface area contributed by atoms with Gasteiger partial charge in [0.2, 0.25) is 11.8 Å². The fraction of sp³-hybridized carbons (Fsp3) is 0.385. The van der Waals surface area contributed by atoms with Crippen molar-refractivity contribution < 1.29 is 9.59 Å². The summed E-state index contributed by atoms with van der Waals surface area (Å²) < 4.78 is 0. The molecule has 1 aliphatic rings. The summed E-state index contributed by atoms with van der Waals surface area (Å²) in [5, 5.41) is 2.33. The van der Waals surface area contributed by atoms with Crippen molar-refractivity contribution in [2.75, 3.05) is 11.4 Å². The smallest absolute Gasteiger partial charge is 0.249 e. The van der Waals surface area contributed by atoms with Gasteiger partial charge >= 0.3 is 0 Å². The number of anilines is 1. The molecule has 1 aliphatic heterocycles. The molecule has 1 fully saturated rings. The summed E-state index contributed by atoms with van der Waals surface area (Å²) in [5.74, 6) is -0.519. The number of nitrogens with zero attached hydrogens (tertiary/aromatic N) is 1. The van der Waals surface area contributed by atoms with Crippen molar-refractivity contribution in [3.63, 3.8) is 0 Å². The van der Waals surface area contributed by atoms with Gasteiger partial charge in [0.1, 0.15) is 6.04 Å². The molecule has 0 aliphatic carbocycles. The number of piperazine rings is 1. The number of imide groups is 1. The van der Waals surface area contributed by atoms with E-state index in [9.17, 15) is 9.59 Å². The number of nitrogens with two attached hydrogens (primary N) is 1. The maximum Gasteiger partial charge on any atom is 0.249 e. The summed E-state index contributed by atoms with van der Waals surface area (Å²) in [6, 6.07) is 5.48. The minimum Gasteiger partial charge on any atom is -0.350 e. The first-order chi connectivity index (χ1) is 8.52. The molecule has 5 nitrogen and oxygen atoms in total. The minimum absolute atomic E-state index is 0.204. The molecule has 1 aromatic rings. The Hall–Kier alpha value is -1.88. The van der Waals surface area contributed by atoms with Crippen LogP contribution in [0.5, 0.6) is 0 Å². The normalized spacial score (nSPS) is 19.9. The number of hydrogen-bond acceptors (Lipinski definition) is 4. The van der Waals surface area contributed by atoms with Crippen molar-refractivity contribution in [3.8, 4) is 0 Å². The highest BCUT2D eigenvalue weighted by Gasteiger charge is 2.30. The van der Waals surface area contributed by atoms with Gasteiger partial charge in [-0.2, -0.15) is 0 Å². The van der Waals surface area contributed by atoms with E-state index < -0.39 is 0 Å². The molecule has 1 aromatic carbocycles. The van der Waals surface area contributed by atoms with Crippen LogP contribution in [0.15, 0.2) is 18.2 Å². The summed E-state index contributed by atoms with van der Waals surface area (Å²) in [6.45, 7) is 4.43. The van der Waals surface area contributed by atoms with Crippen molar-refractivity contribution in [2.45, 2.75) is 26.4 Å². The maximum atomic E-state index is 11.6. The van der Waals surface area contributed by atoms with Gasteiger partial charge in [0.25, 0.3) is 0 Å². The Labute approximate surface area is 106 Å². The fourth-order valence-corrected chi connectivity index (χ4v) is 2.18. The monoisotopic (exact) mass is 247 g/mol. The highest BCUT2D eigenvalue weighted by Crippen LogP contribution is 2.24. The number of carbonyl (C=O) groups is 2. The molecule has 0 bridgehead atoms. The van der Waals surface area contributed by atoms with E-state index in [-0.39, 0.29) is 24.4 Å². The second-order valence-corrected chi connectivity index (χ2v) is 4.54. The van der Waals surface area contributed by atoms with Crippen LogP contribution >= 0.6 is 0 Å². The van der Waals surface area contributed by atoms with E-state index >= 15 is 0 Å². The zero-order valence-corrected chi connectivity index (χ0v) is 10.6. The SMILES string of the molecule is Cc1cc(CN)ccc1N1CC(=O)NC(=O)C1C. The van der Waals surface area contributed by atoms with Crippen LogP contribution in [0, 0.1) is 6.92 Å². The van der Waals surface area contributed by atoms with Gasteiger partial charge in [-0.15, -0.1) is 0 Å². The number of carbonyl (C=O) groups excluding carboxylic acids is 2. The van der Waals surface area contributed by atoms with Crippen LogP contribution in [-0.4, -0.2) is 24.4 Å². The zero-order chi connectivity index (χ0) is 13.3. The summed E-state index contributed by atoms with van der Waals surface area (Å²) in [5.41, 5.74) is 8.55. The molecule has 5 heteroatoms. The predicted octanol–water partition coefficient (Wildman–Crippen LogP) is 0.305. The lowest BCUT2D eigenvalue weighted by atomic mass is 10.1. The van der Waals surface area contributed by atoms with Crippen molar-refractivity contribution in [1.82, 2.24) is 5.32 Å². The minimum atomic E-state index is -0.342. The second kappa shape index (κ2) is 4.78. The van der Waals surface area contributed by atoms with Crippen LogP contribution in [0.3, 0.4) is 0 Å². The highest BCUT2D eigenvalue weighted by atomic mass is 16.2. The Bertz CT molecular complexity index is 499. The molecule has 1 heterocycles.